The highest BCUT2D eigenvalue weighted by molar-refractivity contribution is 7.90. The number of carboxylic acids is 1. The minimum Gasteiger partial charge on any atom is -0.478 e. The molecule has 1 aliphatic heterocycles. The number of halogens is 2. The lowest BCUT2D eigenvalue weighted by Gasteiger charge is -2.18. The number of hydrogen-bond acceptors (Lipinski definition) is 5. The lowest BCUT2D eigenvalue weighted by molar-refractivity contribution is 0.0697. The number of hydrogen-bond donors (Lipinski definition) is 4. The first-order chi connectivity index (χ1) is 17.5. The molecule has 4 N–H and O–H groups in total. The molecule has 3 aromatic carbocycles. The van der Waals surface area contributed by atoms with E-state index in [9.17, 15) is 23.1 Å². The fraction of sp³-hybridized carbons (Fsp3) is 0.231. The van der Waals surface area contributed by atoms with Crippen LogP contribution in [0, 0.1) is 0 Å². The van der Waals surface area contributed by atoms with Crippen molar-refractivity contribution in [3.63, 3.8) is 0 Å². The fourth-order valence-corrected chi connectivity index (χ4v) is 6.04. The molecule has 4 rings (SSSR count). The summed E-state index contributed by atoms with van der Waals surface area (Å²) in [5.41, 5.74) is 3.07. The SMILES string of the molecule is CC(NC(=O)Nc1ccc(S(=O)(=O)Cc2ccc3c(c2)CCNC3)cc1C(=O)O)c1cccc(Cl)c1Cl. The summed E-state index contributed by atoms with van der Waals surface area (Å²) >= 11 is 12.2. The summed E-state index contributed by atoms with van der Waals surface area (Å²) in [6, 6.07) is 13.0. The van der Waals surface area contributed by atoms with Crippen LogP contribution in [0.25, 0.3) is 0 Å². The molecule has 1 heterocycles. The molecule has 1 atom stereocenters. The fourth-order valence-electron chi connectivity index (χ4n) is 4.21. The van der Waals surface area contributed by atoms with Crippen molar-refractivity contribution in [1.82, 2.24) is 10.6 Å². The van der Waals surface area contributed by atoms with E-state index in [-0.39, 0.29) is 21.9 Å². The third kappa shape index (κ3) is 6.24. The highest BCUT2D eigenvalue weighted by Gasteiger charge is 2.22. The molecule has 0 aliphatic carbocycles. The van der Waals surface area contributed by atoms with Crippen molar-refractivity contribution in [1.29, 1.82) is 0 Å². The number of anilines is 1. The van der Waals surface area contributed by atoms with Crippen LogP contribution in [-0.2, 0) is 28.6 Å². The van der Waals surface area contributed by atoms with E-state index in [1.165, 1.54) is 12.1 Å². The van der Waals surface area contributed by atoms with Gasteiger partial charge in [0.2, 0.25) is 0 Å². The molecule has 37 heavy (non-hydrogen) atoms. The molecule has 0 bridgehead atoms. The molecular weight excluding hydrogens is 537 g/mol. The van der Waals surface area contributed by atoms with Crippen molar-refractivity contribution in [2.75, 3.05) is 11.9 Å². The summed E-state index contributed by atoms with van der Waals surface area (Å²) in [5.74, 6) is -1.64. The Balaban J connectivity index is 1.51. The van der Waals surface area contributed by atoms with Crippen molar-refractivity contribution < 1.29 is 23.1 Å². The number of urea groups is 1. The van der Waals surface area contributed by atoms with E-state index in [1.807, 2.05) is 12.1 Å². The molecule has 8 nitrogen and oxygen atoms in total. The van der Waals surface area contributed by atoms with Crippen LogP contribution in [0.5, 0.6) is 0 Å². The first kappa shape index (κ1) is 26.9. The quantitative estimate of drug-likeness (QED) is 0.314. The number of fused-ring (bicyclic) bond motifs is 1. The molecule has 0 spiro atoms. The van der Waals surface area contributed by atoms with Crippen molar-refractivity contribution in [2.24, 2.45) is 0 Å². The van der Waals surface area contributed by atoms with Gasteiger partial charge in [-0.3, -0.25) is 0 Å². The number of rotatable bonds is 7. The Hall–Kier alpha value is -3.11. The smallest absolute Gasteiger partial charge is 0.337 e. The third-order valence-electron chi connectivity index (χ3n) is 6.14. The maximum atomic E-state index is 13.1. The molecule has 11 heteroatoms. The second kappa shape index (κ2) is 11.1. The Labute approximate surface area is 224 Å². The summed E-state index contributed by atoms with van der Waals surface area (Å²) < 4.78 is 26.2. The molecule has 0 saturated heterocycles. The zero-order valence-corrected chi connectivity index (χ0v) is 22.2. The predicted molar refractivity (Wildman–Crippen MR) is 143 cm³/mol. The highest BCUT2D eigenvalue weighted by atomic mass is 35.5. The van der Waals surface area contributed by atoms with Gasteiger partial charge in [0.25, 0.3) is 0 Å². The van der Waals surface area contributed by atoms with E-state index in [4.69, 9.17) is 23.2 Å². The van der Waals surface area contributed by atoms with Crippen LogP contribution >= 0.6 is 23.2 Å². The minimum absolute atomic E-state index is 0.0466. The van der Waals surface area contributed by atoms with Gasteiger partial charge in [-0.15, -0.1) is 0 Å². The van der Waals surface area contributed by atoms with Gasteiger partial charge < -0.3 is 21.1 Å². The van der Waals surface area contributed by atoms with Gasteiger partial charge in [-0.05, 0) is 66.4 Å². The molecule has 0 fully saturated rings. The standard InChI is InChI=1S/C26H25Cl2N3O5S/c1-15(20-3-2-4-22(27)24(20)28)30-26(34)31-23-8-7-19(12-21(23)25(32)33)37(35,36)14-16-5-6-18-13-29-10-9-17(18)11-16/h2-8,11-12,15,29H,9-10,13-14H2,1H3,(H,32,33)(H2,30,31,34). The zero-order chi connectivity index (χ0) is 26.7. The average molecular weight is 562 g/mol. The third-order valence-corrected chi connectivity index (χ3v) is 8.66. The maximum Gasteiger partial charge on any atom is 0.337 e. The second-order valence-electron chi connectivity index (χ2n) is 8.76. The van der Waals surface area contributed by atoms with Gasteiger partial charge in [-0.2, -0.15) is 0 Å². The largest absolute Gasteiger partial charge is 0.478 e. The number of aromatic carboxylic acids is 1. The Morgan fingerprint density at radius 2 is 1.86 bits per heavy atom. The number of benzene rings is 3. The summed E-state index contributed by atoms with van der Waals surface area (Å²) in [6.45, 7) is 3.28. The molecule has 1 unspecified atom stereocenters. The molecule has 1 aliphatic rings. The number of carbonyl (C=O) groups is 2. The van der Waals surface area contributed by atoms with Gasteiger partial charge in [0, 0.05) is 6.54 Å². The Kier molecular flexibility index (Phi) is 8.08. The van der Waals surface area contributed by atoms with Crippen molar-refractivity contribution in [2.45, 2.75) is 36.6 Å². The number of amides is 2. The van der Waals surface area contributed by atoms with E-state index in [2.05, 4.69) is 16.0 Å². The lowest BCUT2D eigenvalue weighted by Crippen LogP contribution is -2.32. The number of sulfone groups is 1. The normalized spacial score (nSPS) is 13.9. The summed E-state index contributed by atoms with van der Waals surface area (Å²) in [7, 11) is -3.84. The first-order valence-electron chi connectivity index (χ1n) is 11.5. The molecular formula is C26H25Cl2N3O5S. The van der Waals surface area contributed by atoms with Crippen LogP contribution in [-0.4, -0.2) is 32.1 Å². The second-order valence-corrected chi connectivity index (χ2v) is 11.5. The van der Waals surface area contributed by atoms with Crippen LogP contribution < -0.4 is 16.0 Å². The van der Waals surface area contributed by atoms with Crippen LogP contribution in [0.4, 0.5) is 10.5 Å². The summed E-state index contributed by atoms with van der Waals surface area (Å²) in [5, 5.41) is 18.8. The minimum atomic E-state index is -3.84. The van der Waals surface area contributed by atoms with Gasteiger partial charge in [0.1, 0.15) is 0 Å². The van der Waals surface area contributed by atoms with E-state index < -0.39 is 27.9 Å². The lowest BCUT2D eigenvalue weighted by atomic mass is 9.99. The van der Waals surface area contributed by atoms with Crippen molar-refractivity contribution >= 4 is 50.7 Å². The summed E-state index contributed by atoms with van der Waals surface area (Å²) in [6.07, 6.45) is 0.816. The van der Waals surface area contributed by atoms with Crippen LogP contribution in [0.15, 0.2) is 59.5 Å². The molecule has 194 valence electrons. The first-order valence-corrected chi connectivity index (χ1v) is 13.9. The molecule has 0 aromatic heterocycles. The van der Waals surface area contributed by atoms with Crippen LogP contribution in [0.3, 0.4) is 0 Å². The number of carbonyl (C=O) groups excluding carboxylic acids is 1. The predicted octanol–water partition coefficient (Wildman–Crippen LogP) is 5.19. The number of carboxylic acid groups (broad SMARTS) is 1. The summed E-state index contributed by atoms with van der Waals surface area (Å²) in [4.78, 5) is 24.4. The van der Waals surface area contributed by atoms with Crippen LogP contribution in [0.1, 0.15) is 45.6 Å². The van der Waals surface area contributed by atoms with E-state index in [1.54, 1.807) is 31.2 Å². The molecule has 2 amide bonds. The Bertz CT molecular complexity index is 1480. The van der Waals surface area contributed by atoms with Gasteiger partial charge in [0.05, 0.1) is 38.0 Å². The van der Waals surface area contributed by atoms with Crippen LogP contribution in [0.2, 0.25) is 10.0 Å². The van der Waals surface area contributed by atoms with Gasteiger partial charge >= 0.3 is 12.0 Å². The van der Waals surface area contributed by atoms with Gasteiger partial charge in [-0.1, -0.05) is 53.5 Å². The van der Waals surface area contributed by atoms with E-state index >= 15 is 0 Å². The van der Waals surface area contributed by atoms with Gasteiger partial charge in [0.15, 0.2) is 9.84 Å². The van der Waals surface area contributed by atoms with E-state index in [0.717, 1.165) is 36.7 Å². The van der Waals surface area contributed by atoms with Gasteiger partial charge in [-0.25, -0.2) is 18.0 Å². The number of nitrogens with one attached hydrogen (secondary N) is 3. The molecule has 0 radical (unpaired) electrons. The average Bonchev–Trinajstić information content (AvgIpc) is 2.85. The zero-order valence-electron chi connectivity index (χ0n) is 19.8. The molecule has 3 aromatic rings. The molecule has 0 saturated carbocycles. The topological polar surface area (TPSA) is 125 Å². The Morgan fingerprint density at radius 1 is 1.08 bits per heavy atom. The van der Waals surface area contributed by atoms with E-state index in [0.29, 0.717) is 21.2 Å². The van der Waals surface area contributed by atoms with Crippen molar-refractivity contribution in [3.05, 3.63) is 92.5 Å². The highest BCUT2D eigenvalue weighted by Crippen LogP contribution is 2.30. The monoisotopic (exact) mass is 561 g/mol. The van der Waals surface area contributed by atoms with Crippen molar-refractivity contribution in [3.8, 4) is 0 Å². The Morgan fingerprint density at radius 3 is 2.62 bits per heavy atom. The maximum absolute atomic E-state index is 13.1.